The highest BCUT2D eigenvalue weighted by Crippen LogP contribution is 2.24. The summed E-state index contributed by atoms with van der Waals surface area (Å²) in [7, 11) is 0. The number of rotatable bonds is 11. The molecule has 1 N–H and O–H groups in total. The van der Waals surface area contributed by atoms with Gasteiger partial charge in [-0.3, -0.25) is 10.1 Å². The van der Waals surface area contributed by atoms with Crippen molar-refractivity contribution < 1.29 is 9.66 Å². The normalized spacial score (nSPS) is 10.6. The molecular weight excluding hydrogens is 268 g/mol. The molecule has 0 atom stereocenters. The lowest BCUT2D eigenvalue weighted by atomic mass is 10.1. The van der Waals surface area contributed by atoms with Crippen LogP contribution < -0.4 is 10.1 Å². The minimum Gasteiger partial charge on any atom is -0.493 e. The smallest absolute Gasteiger partial charge is 0.270 e. The fourth-order valence-corrected chi connectivity index (χ4v) is 2.11. The monoisotopic (exact) mass is 294 g/mol. The molecule has 0 fully saturated rings. The van der Waals surface area contributed by atoms with Crippen LogP contribution in [0.4, 0.5) is 5.69 Å². The first-order valence-corrected chi connectivity index (χ1v) is 7.79. The summed E-state index contributed by atoms with van der Waals surface area (Å²) in [4.78, 5) is 10.5. The average molecular weight is 294 g/mol. The minimum atomic E-state index is -0.371. The second-order valence-corrected chi connectivity index (χ2v) is 5.09. The van der Waals surface area contributed by atoms with Crippen molar-refractivity contribution in [3.05, 3.63) is 33.9 Å². The highest BCUT2D eigenvalue weighted by molar-refractivity contribution is 5.43. The summed E-state index contributed by atoms with van der Waals surface area (Å²) in [6.07, 6.45) is 5.94. The van der Waals surface area contributed by atoms with Gasteiger partial charge in [0.2, 0.25) is 0 Å². The maximum Gasteiger partial charge on any atom is 0.270 e. The van der Waals surface area contributed by atoms with Crippen molar-refractivity contribution in [2.75, 3.05) is 13.2 Å². The summed E-state index contributed by atoms with van der Waals surface area (Å²) in [5, 5.41) is 14.0. The van der Waals surface area contributed by atoms with E-state index in [4.69, 9.17) is 4.74 Å². The first-order chi connectivity index (χ1) is 10.2. The molecule has 1 rings (SSSR count). The molecule has 0 heterocycles. The van der Waals surface area contributed by atoms with E-state index in [1.165, 1.54) is 31.7 Å². The Bertz CT molecular complexity index is 436. The molecule has 0 amide bonds. The van der Waals surface area contributed by atoms with Gasteiger partial charge >= 0.3 is 0 Å². The number of non-ortho nitro benzene ring substituents is 1. The second-order valence-electron chi connectivity index (χ2n) is 5.09. The molecule has 0 spiro atoms. The fraction of sp³-hybridized carbons (Fsp3) is 0.625. The first-order valence-electron chi connectivity index (χ1n) is 7.79. The van der Waals surface area contributed by atoms with Crippen LogP contribution in [0.3, 0.4) is 0 Å². The van der Waals surface area contributed by atoms with Crippen LogP contribution in [-0.2, 0) is 6.54 Å². The summed E-state index contributed by atoms with van der Waals surface area (Å²) in [6.45, 7) is 6.27. The van der Waals surface area contributed by atoms with Crippen molar-refractivity contribution in [2.24, 2.45) is 0 Å². The Morgan fingerprint density at radius 1 is 1.19 bits per heavy atom. The molecule has 21 heavy (non-hydrogen) atoms. The lowest BCUT2D eigenvalue weighted by molar-refractivity contribution is -0.384. The number of nitro benzene ring substituents is 1. The number of nitro groups is 1. The Kier molecular flexibility index (Phi) is 8.43. The molecule has 5 heteroatoms. The topological polar surface area (TPSA) is 64.4 Å². The SMILES string of the molecule is CCCCCCCOc1ccc([N+](=O)[O-])cc1CNCC. The van der Waals surface area contributed by atoms with E-state index in [1.807, 2.05) is 6.92 Å². The van der Waals surface area contributed by atoms with Gasteiger partial charge in [0.1, 0.15) is 5.75 Å². The van der Waals surface area contributed by atoms with Crippen LogP contribution in [0.15, 0.2) is 18.2 Å². The highest BCUT2D eigenvalue weighted by atomic mass is 16.6. The van der Waals surface area contributed by atoms with Crippen molar-refractivity contribution in [3.63, 3.8) is 0 Å². The molecule has 118 valence electrons. The number of hydrogen-bond donors (Lipinski definition) is 1. The lowest BCUT2D eigenvalue weighted by Gasteiger charge is -2.11. The van der Waals surface area contributed by atoms with Gasteiger partial charge < -0.3 is 10.1 Å². The van der Waals surface area contributed by atoms with Gasteiger partial charge in [-0.15, -0.1) is 0 Å². The molecule has 0 aliphatic carbocycles. The fourth-order valence-electron chi connectivity index (χ4n) is 2.11. The van der Waals surface area contributed by atoms with Gasteiger partial charge in [-0.2, -0.15) is 0 Å². The number of benzene rings is 1. The third-order valence-corrected chi connectivity index (χ3v) is 3.33. The Labute approximate surface area is 126 Å². The molecular formula is C16H26N2O3. The number of nitrogens with one attached hydrogen (secondary N) is 1. The van der Waals surface area contributed by atoms with Gasteiger partial charge in [-0.25, -0.2) is 0 Å². The predicted molar refractivity (Wildman–Crippen MR) is 84.7 cm³/mol. The lowest BCUT2D eigenvalue weighted by Crippen LogP contribution is -2.13. The standard InChI is InChI=1S/C16H26N2O3/c1-3-5-6-7-8-11-21-16-10-9-15(18(19)20)12-14(16)13-17-4-2/h9-10,12,17H,3-8,11,13H2,1-2H3. The molecule has 0 unspecified atom stereocenters. The van der Waals surface area contributed by atoms with Gasteiger partial charge in [0, 0.05) is 24.2 Å². The van der Waals surface area contributed by atoms with Crippen LogP contribution >= 0.6 is 0 Å². The van der Waals surface area contributed by atoms with Crippen molar-refractivity contribution in [2.45, 2.75) is 52.5 Å². The van der Waals surface area contributed by atoms with Crippen LogP contribution in [-0.4, -0.2) is 18.1 Å². The molecule has 0 aromatic heterocycles. The third kappa shape index (κ3) is 6.58. The zero-order chi connectivity index (χ0) is 15.5. The summed E-state index contributed by atoms with van der Waals surface area (Å²) < 4.78 is 5.79. The van der Waals surface area contributed by atoms with Crippen molar-refractivity contribution in [3.8, 4) is 5.75 Å². The van der Waals surface area contributed by atoms with Crippen LogP contribution in [0, 0.1) is 10.1 Å². The van der Waals surface area contributed by atoms with Crippen molar-refractivity contribution in [1.29, 1.82) is 0 Å². The van der Waals surface area contributed by atoms with E-state index >= 15 is 0 Å². The molecule has 0 saturated carbocycles. The quantitative estimate of drug-likeness (QED) is 0.380. The number of ether oxygens (including phenoxy) is 1. The molecule has 0 saturated heterocycles. The van der Waals surface area contributed by atoms with Gasteiger partial charge in [-0.1, -0.05) is 39.5 Å². The second kappa shape index (κ2) is 10.2. The van der Waals surface area contributed by atoms with Crippen LogP contribution in [0.5, 0.6) is 5.75 Å². The summed E-state index contributed by atoms with van der Waals surface area (Å²) >= 11 is 0. The van der Waals surface area contributed by atoms with E-state index in [1.54, 1.807) is 12.1 Å². The summed E-state index contributed by atoms with van der Waals surface area (Å²) in [6, 6.07) is 4.80. The van der Waals surface area contributed by atoms with Crippen molar-refractivity contribution in [1.82, 2.24) is 5.32 Å². The van der Waals surface area contributed by atoms with E-state index in [0.29, 0.717) is 13.2 Å². The molecule has 1 aromatic carbocycles. The van der Waals surface area contributed by atoms with Gasteiger partial charge in [0.15, 0.2) is 0 Å². The Hall–Kier alpha value is -1.62. The van der Waals surface area contributed by atoms with Gasteiger partial charge in [0.25, 0.3) is 5.69 Å². The van der Waals surface area contributed by atoms with Gasteiger partial charge in [0.05, 0.1) is 11.5 Å². The number of unbranched alkanes of at least 4 members (excludes halogenated alkanes) is 4. The molecule has 5 nitrogen and oxygen atoms in total. The summed E-state index contributed by atoms with van der Waals surface area (Å²) in [5.74, 6) is 0.747. The van der Waals surface area contributed by atoms with Crippen LogP contribution in [0.1, 0.15) is 51.5 Å². The first kappa shape index (κ1) is 17.4. The maximum atomic E-state index is 10.8. The van der Waals surface area contributed by atoms with E-state index in [2.05, 4.69) is 12.2 Å². The van der Waals surface area contributed by atoms with Crippen LogP contribution in [0.2, 0.25) is 0 Å². The average Bonchev–Trinajstić information content (AvgIpc) is 2.49. The number of hydrogen-bond acceptors (Lipinski definition) is 4. The largest absolute Gasteiger partial charge is 0.493 e. The summed E-state index contributed by atoms with van der Waals surface area (Å²) in [5.41, 5.74) is 0.956. The van der Waals surface area contributed by atoms with E-state index in [0.717, 1.165) is 24.3 Å². The van der Waals surface area contributed by atoms with Crippen LogP contribution in [0.25, 0.3) is 0 Å². The molecule has 0 aliphatic heterocycles. The maximum absolute atomic E-state index is 10.8. The minimum absolute atomic E-state index is 0.109. The Balaban J connectivity index is 2.56. The van der Waals surface area contributed by atoms with Crippen molar-refractivity contribution >= 4 is 5.69 Å². The predicted octanol–water partition coefficient (Wildman–Crippen LogP) is 4.05. The third-order valence-electron chi connectivity index (χ3n) is 3.33. The van der Waals surface area contributed by atoms with E-state index in [-0.39, 0.29) is 10.6 Å². The zero-order valence-corrected chi connectivity index (χ0v) is 13.1. The van der Waals surface area contributed by atoms with E-state index in [9.17, 15) is 10.1 Å². The number of nitrogens with zero attached hydrogens (tertiary/aromatic N) is 1. The molecule has 0 bridgehead atoms. The van der Waals surface area contributed by atoms with Gasteiger partial charge in [-0.05, 0) is 19.0 Å². The molecule has 0 aliphatic rings. The van der Waals surface area contributed by atoms with E-state index < -0.39 is 0 Å². The Morgan fingerprint density at radius 3 is 2.62 bits per heavy atom. The zero-order valence-electron chi connectivity index (χ0n) is 13.1. The molecule has 0 radical (unpaired) electrons. The Morgan fingerprint density at radius 2 is 1.95 bits per heavy atom. The molecule has 1 aromatic rings. The highest BCUT2D eigenvalue weighted by Gasteiger charge is 2.11.